The van der Waals surface area contributed by atoms with Crippen molar-refractivity contribution < 1.29 is 19.4 Å². The van der Waals surface area contributed by atoms with Crippen LogP contribution >= 0.6 is 0 Å². The quantitative estimate of drug-likeness (QED) is 0.731. The molecule has 0 saturated carbocycles. The highest BCUT2D eigenvalue weighted by Crippen LogP contribution is 2.16. The molecule has 0 bridgehead atoms. The lowest BCUT2D eigenvalue weighted by atomic mass is 10.0. The van der Waals surface area contributed by atoms with Crippen LogP contribution < -0.4 is 5.32 Å². The van der Waals surface area contributed by atoms with E-state index in [0.29, 0.717) is 12.0 Å². The van der Waals surface area contributed by atoms with Gasteiger partial charge in [-0.2, -0.15) is 0 Å². The first kappa shape index (κ1) is 17.1. The number of carbonyl (C=O) groups is 1. The molecule has 5 heteroatoms. The van der Waals surface area contributed by atoms with Crippen molar-refractivity contribution in [2.45, 2.75) is 25.0 Å². The average Bonchev–Trinajstić information content (AvgIpc) is 2.58. The van der Waals surface area contributed by atoms with Crippen molar-refractivity contribution in [3.63, 3.8) is 0 Å². The largest absolute Gasteiger partial charge is 0.394 e. The highest BCUT2D eigenvalue weighted by atomic mass is 19.1. The van der Waals surface area contributed by atoms with Crippen molar-refractivity contribution in [1.82, 2.24) is 5.32 Å². The standard InChI is InChI=1S/C18H20FNO3/c19-15-8-4-5-13(11-15)9-10-17(22)20-16(12-21)18(23)14-6-2-1-3-7-14/h1-8,11,16,18,21,23H,9-10,12H2,(H,20,22)/t16-,18+/m1/s1. The van der Waals surface area contributed by atoms with Gasteiger partial charge in [0, 0.05) is 6.42 Å². The van der Waals surface area contributed by atoms with Gasteiger partial charge < -0.3 is 15.5 Å². The molecule has 0 saturated heterocycles. The summed E-state index contributed by atoms with van der Waals surface area (Å²) >= 11 is 0. The number of aryl methyl sites for hydroxylation is 1. The lowest BCUT2D eigenvalue weighted by Gasteiger charge is -2.22. The molecule has 2 aromatic rings. The first-order valence-corrected chi connectivity index (χ1v) is 7.48. The molecule has 2 aromatic carbocycles. The molecule has 0 radical (unpaired) electrons. The molecule has 0 aromatic heterocycles. The SMILES string of the molecule is O=C(CCc1cccc(F)c1)N[C@H](CO)[C@@H](O)c1ccccc1. The van der Waals surface area contributed by atoms with Crippen LogP contribution in [0.25, 0.3) is 0 Å². The van der Waals surface area contributed by atoms with Gasteiger partial charge in [0.1, 0.15) is 11.9 Å². The number of halogens is 1. The Morgan fingerprint density at radius 1 is 1.13 bits per heavy atom. The number of aliphatic hydroxyl groups excluding tert-OH is 2. The Kier molecular flexibility index (Phi) is 6.26. The lowest BCUT2D eigenvalue weighted by Crippen LogP contribution is -2.42. The summed E-state index contributed by atoms with van der Waals surface area (Å²) in [5.74, 6) is -0.640. The fourth-order valence-corrected chi connectivity index (χ4v) is 2.34. The molecule has 0 heterocycles. The van der Waals surface area contributed by atoms with Gasteiger partial charge in [-0.15, -0.1) is 0 Å². The number of carbonyl (C=O) groups excluding carboxylic acids is 1. The first-order valence-electron chi connectivity index (χ1n) is 7.48. The first-order chi connectivity index (χ1) is 11.1. The molecule has 0 aliphatic rings. The molecule has 2 rings (SSSR count). The van der Waals surface area contributed by atoms with E-state index in [1.165, 1.54) is 12.1 Å². The summed E-state index contributed by atoms with van der Waals surface area (Å²) in [4.78, 5) is 12.0. The van der Waals surface area contributed by atoms with E-state index in [4.69, 9.17) is 0 Å². The van der Waals surface area contributed by atoms with Gasteiger partial charge in [-0.05, 0) is 29.7 Å². The summed E-state index contributed by atoms with van der Waals surface area (Å²) in [6.45, 7) is -0.373. The fraction of sp³-hybridized carbons (Fsp3) is 0.278. The van der Waals surface area contributed by atoms with Crippen LogP contribution in [0.1, 0.15) is 23.7 Å². The second-order valence-corrected chi connectivity index (χ2v) is 5.34. The zero-order valence-electron chi connectivity index (χ0n) is 12.7. The van der Waals surface area contributed by atoms with Crippen LogP contribution in [0.4, 0.5) is 4.39 Å². The van der Waals surface area contributed by atoms with Crippen molar-refractivity contribution >= 4 is 5.91 Å². The molecule has 1 amide bonds. The molecule has 0 unspecified atom stereocenters. The summed E-state index contributed by atoms with van der Waals surface area (Å²) in [7, 11) is 0. The average molecular weight is 317 g/mol. The summed E-state index contributed by atoms with van der Waals surface area (Å²) < 4.78 is 13.1. The van der Waals surface area contributed by atoms with E-state index in [-0.39, 0.29) is 24.8 Å². The number of rotatable bonds is 7. The molecule has 2 atom stereocenters. The smallest absolute Gasteiger partial charge is 0.220 e. The minimum Gasteiger partial charge on any atom is -0.394 e. The third kappa shape index (κ3) is 5.16. The number of nitrogens with one attached hydrogen (secondary N) is 1. The van der Waals surface area contributed by atoms with Crippen molar-refractivity contribution in [2.75, 3.05) is 6.61 Å². The van der Waals surface area contributed by atoms with Crippen molar-refractivity contribution in [1.29, 1.82) is 0 Å². The lowest BCUT2D eigenvalue weighted by molar-refractivity contribution is -0.123. The minimum absolute atomic E-state index is 0.154. The van der Waals surface area contributed by atoms with Gasteiger partial charge in [-0.3, -0.25) is 4.79 Å². The summed E-state index contributed by atoms with van der Waals surface area (Å²) in [5.41, 5.74) is 1.35. The maximum atomic E-state index is 13.1. The fourth-order valence-electron chi connectivity index (χ4n) is 2.34. The van der Waals surface area contributed by atoms with Gasteiger partial charge in [0.2, 0.25) is 5.91 Å². The number of amides is 1. The Hall–Kier alpha value is -2.24. The van der Waals surface area contributed by atoms with E-state index >= 15 is 0 Å². The Bertz CT molecular complexity index is 633. The van der Waals surface area contributed by atoms with Gasteiger partial charge in [-0.1, -0.05) is 42.5 Å². The molecular weight excluding hydrogens is 297 g/mol. The Labute approximate surface area is 134 Å². The zero-order chi connectivity index (χ0) is 16.7. The molecule has 122 valence electrons. The molecular formula is C18H20FNO3. The maximum absolute atomic E-state index is 13.1. The highest BCUT2D eigenvalue weighted by Gasteiger charge is 2.21. The number of benzene rings is 2. The molecule has 0 spiro atoms. The summed E-state index contributed by atoms with van der Waals surface area (Å²) in [5, 5.41) is 22.2. The molecule has 0 aliphatic heterocycles. The third-order valence-corrected chi connectivity index (χ3v) is 3.60. The van der Waals surface area contributed by atoms with Crippen molar-refractivity contribution in [3.05, 3.63) is 71.5 Å². The number of aliphatic hydroxyl groups is 2. The van der Waals surface area contributed by atoms with Gasteiger partial charge in [0.05, 0.1) is 12.6 Å². The van der Waals surface area contributed by atoms with Crippen LogP contribution in [0.2, 0.25) is 0 Å². The van der Waals surface area contributed by atoms with Crippen LogP contribution in [0.15, 0.2) is 54.6 Å². The van der Waals surface area contributed by atoms with Crippen LogP contribution in [-0.4, -0.2) is 28.8 Å². The summed E-state index contributed by atoms with van der Waals surface area (Å²) in [6, 6.07) is 14.1. The van der Waals surface area contributed by atoms with Gasteiger partial charge in [0.25, 0.3) is 0 Å². The molecule has 0 aliphatic carbocycles. The van der Waals surface area contributed by atoms with Gasteiger partial charge in [0.15, 0.2) is 0 Å². The van der Waals surface area contributed by atoms with E-state index in [2.05, 4.69) is 5.32 Å². The van der Waals surface area contributed by atoms with Crippen molar-refractivity contribution in [2.24, 2.45) is 0 Å². The van der Waals surface area contributed by atoms with E-state index in [1.807, 2.05) is 6.07 Å². The predicted octanol–water partition coefficient (Wildman–Crippen LogP) is 1.97. The van der Waals surface area contributed by atoms with Crippen LogP contribution in [0.5, 0.6) is 0 Å². The molecule has 4 nitrogen and oxygen atoms in total. The second kappa shape index (κ2) is 8.41. The van der Waals surface area contributed by atoms with Gasteiger partial charge in [-0.25, -0.2) is 4.39 Å². The number of hydrogen-bond acceptors (Lipinski definition) is 3. The van der Waals surface area contributed by atoms with Crippen LogP contribution in [-0.2, 0) is 11.2 Å². The molecule has 23 heavy (non-hydrogen) atoms. The Balaban J connectivity index is 1.89. The zero-order valence-corrected chi connectivity index (χ0v) is 12.7. The number of hydrogen-bond donors (Lipinski definition) is 3. The Morgan fingerprint density at radius 3 is 2.52 bits per heavy atom. The molecule has 0 fully saturated rings. The Morgan fingerprint density at radius 2 is 1.87 bits per heavy atom. The van der Waals surface area contributed by atoms with E-state index in [1.54, 1.807) is 36.4 Å². The topological polar surface area (TPSA) is 69.6 Å². The van der Waals surface area contributed by atoms with Gasteiger partial charge >= 0.3 is 0 Å². The minimum atomic E-state index is -0.987. The van der Waals surface area contributed by atoms with E-state index in [0.717, 1.165) is 5.56 Å². The third-order valence-electron chi connectivity index (χ3n) is 3.60. The second-order valence-electron chi connectivity index (χ2n) is 5.34. The monoisotopic (exact) mass is 317 g/mol. The summed E-state index contributed by atoms with van der Waals surface area (Å²) in [6.07, 6.45) is -0.440. The van der Waals surface area contributed by atoms with E-state index in [9.17, 15) is 19.4 Å². The van der Waals surface area contributed by atoms with Crippen molar-refractivity contribution in [3.8, 4) is 0 Å². The maximum Gasteiger partial charge on any atom is 0.220 e. The highest BCUT2D eigenvalue weighted by molar-refractivity contribution is 5.76. The van der Waals surface area contributed by atoms with E-state index < -0.39 is 12.1 Å². The predicted molar refractivity (Wildman–Crippen MR) is 85.1 cm³/mol. The van der Waals surface area contributed by atoms with Crippen LogP contribution in [0, 0.1) is 5.82 Å². The molecule has 3 N–H and O–H groups in total. The normalized spacial score (nSPS) is 13.3. The van der Waals surface area contributed by atoms with Crippen LogP contribution in [0.3, 0.4) is 0 Å².